The van der Waals surface area contributed by atoms with Crippen molar-refractivity contribution in [3.8, 4) is 11.4 Å². The highest BCUT2D eigenvalue weighted by atomic mass is 16.3. The molecule has 0 saturated heterocycles. The number of rotatable bonds is 2. The van der Waals surface area contributed by atoms with Gasteiger partial charge in [-0.2, -0.15) is 0 Å². The number of aromatic nitrogens is 2. The zero-order valence-corrected chi connectivity index (χ0v) is 8.82. The Kier molecular flexibility index (Phi) is 2.41. The van der Waals surface area contributed by atoms with Gasteiger partial charge in [0.25, 0.3) is 0 Å². The summed E-state index contributed by atoms with van der Waals surface area (Å²) >= 11 is 0. The van der Waals surface area contributed by atoms with Gasteiger partial charge in [-0.15, -0.1) is 0 Å². The molecule has 2 rings (SSSR count). The maximum Gasteiger partial charge on any atom is 0.165 e. The van der Waals surface area contributed by atoms with Crippen molar-refractivity contribution in [2.75, 3.05) is 5.73 Å². The highest BCUT2D eigenvalue weighted by molar-refractivity contribution is 5.57. The quantitative estimate of drug-likeness (QED) is 0.812. The fourth-order valence-electron chi connectivity index (χ4n) is 1.58. The molecular formula is C11H13N3O. The SMILES string of the molecule is CCc1c(C)nc(-c2ccoc2)nc1N. The highest BCUT2D eigenvalue weighted by Crippen LogP contribution is 2.20. The molecule has 0 aromatic carbocycles. The lowest BCUT2D eigenvalue weighted by Gasteiger charge is -2.07. The van der Waals surface area contributed by atoms with Gasteiger partial charge in [0.05, 0.1) is 11.8 Å². The first-order valence-electron chi connectivity index (χ1n) is 4.88. The number of hydrogen-bond acceptors (Lipinski definition) is 4. The van der Waals surface area contributed by atoms with Crippen LogP contribution in [0.3, 0.4) is 0 Å². The summed E-state index contributed by atoms with van der Waals surface area (Å²) in [5.74, 6) is 1.18. The third kappa shape index (κ3) is 1.70. The van der Waals surface area contributed by atoms with E-state index in [0.29, 0.717) is 11.6 Å². The molecule has 78 valence electrons. The second kappa shape index (κ2) is 3.73. The monoisotopic (exact) mass is 203 g/mol. The van der Waals surface area contributed by atoms with Gasteiger partial charge in [0.15, 0.2) is 5.82 Å². The van der Waals surface area contributed by atoms with Crippen LogP contribution in [0.15, 0.2) is 23.0 Å². The predicted octanol–water partition coefficient (Wildman–Crippen LogP) is 2.19. The zero-order chi connectivity index (χ0) is 10.8. The number of nitrogens with zero attached hydrogens (tertiary/aromatic N) is 2. The molecule has 15 heavy (non-hydrogen) atoms. The van der Waals surface area contributed by atoms with Crippen LogP contribution >= 0.6 is 0 Å². The van der Waals surface area contributed by atoms with E-state index in [9.17, 15) is 0 Å². The van der Waals surface area contributed by atoms with Gasteiger partial charge in [-0.05, 0) is 19.4 Å². The van der Waals surface area contributed by atoms with E-state index in [1.165, 1.54) is 0 Å². The predicted molar refractivity (Wildman–Crippen MR) is 58.3 cm³/mol. The Morgan fingerprint density at radius 2 is 2.20 bits per heavy atom. The summed E-state index contributed by atoms with van der Waals surface area (Å²) in [6.07, 6.45) is 4.06. The van der Waals surface area contributed by atoms with Crippen LogP contribution in [0.2, 0.25) is 0 Å². The first-order chi connectivity index (χ1) is 7.22. The van der Waals surface area contributed by atoms with Gasteiger partial charge in [0.1, 0.15) is 12.1 Å². The number of furan rings is 1. The van der Waals surface area contributed by atoms with Crippen LogP contribution in [0.5, 0.6) is 0 Å². The molecule has 4 nitrogen and oxygen atoms in total. The first-order valence-corrected chi connectivity index (χ1v) is 4.88. The third-order valence-electron chi connectivity index (χ3n) is 2.38. The average Bonchev–Trinajstić information content (AvgIpc) is 2.69. The summed E-state index contributed by atoms with van der Waals surface area (Å²) in [6, 6.07) is 1.82. The molecule has 0 amide bonds. The highest BCUT2D eigenvalue weighted by Gasteiger charge is 2.09. The summed E-state index contributed by atoms with van der Waals surface area (Å²) in [5.41, 5.74) is 8.66. The molecule has 0 spiro atoms. The maximum atomic E-state index is 5.86. The van der Waals surface area contributed by atoms with Crippen LogP contribution < -0.4 is 5.73 Å². The van der Waals surface area contributed by atoms with Gasteiger partial charge >= 0.3 is 0 Å². The van der Waals surface area contributed by atoms with E-state index in [4.69, 9.17) is 10.2 Å². The van der Waals surface area contributed by atoms with Crippen molar-refractivity contribution in [2.45, 2.75) is 20.3 Å². The van der Waals surface area contributed by atoms with Crippen LogP contribution in [0, 0.1) is 6.92 Å². The Balaban J connectivity index is 2.53. The number of nitrogen functional groups attached to an aromatic ring is 1. The van der Waals surface area contributed by atoms with E-state index < -0.39 is 0 Å². The van der Waals surface area contributed by atoms with E-state index in [2.05, 4.69) is 9.97 Å². The summed E-state index contributed by atoms with van der Waals surface area (Å²) in [6.45, 7) is 3.99. The molecule has 0 atom stereocenters. The summed E-state index contributed by atoms with van der Waals surface area (Å²) in [4.78, 5) is 8.65. The minimum atomic E-state index is 0.557. The average molecular weight is 203 g/mol. The molecule has 2 heterocycles. The normalized spacial score (nSPS) is 10.5. The first kappa shape index (κ1) is 9.71. The van der Waals surface area contributed by atoms with E-state index in [-0.39, 0.29) is 0 Å². The summed E-state index contributed by atoms with van der Waals surface area (Å²) in [5, 5.41) is 0. The third-order valence-corrected chi connectivity index (χ3v) is 2.38. The van der Waals surface area contributed by atoms with Crippen LogP contribution in [-0.2, 0) is 6.42 Å². The fraction of sp³-hybridized carbons (Fsp3) is 0.273. The molecule has 0 fully saturated rings. The zero-order valence-electron chi connectivity index (χ0n) is 8.82. The van der Waals surface area contributed by atoms with Crippen molar-refractivity contribution in [2.24, 2.45) is 0 Å². The number of nitrogens with two attached hydrogens (primary N) is 1. The Hall–Kier alpha value is -1.84. The smallest absolute Gasteiger partial charge is 0.165 e. The van der Waals surface area contributed by atoms with Gasteiger partial charge in [-0.1, -0.05) is 6.92 Å². The molecule has 0 aliphatic rings. The van der Waals surface area contributed by atoms with Gasteiger partial charge < -0.3 is 10.2 Å². The molecule has 0 saturated carbocycles. The van der Waals surface area contributed by atoms with Crippen molar-refractivity contribution in [3.63, 3.8) is 0 Å². The molecular weight excluding hydrogens is 190 g/mol. The molecule has 2 aromatic rings. The number of aryl methyl sites for hydroxylation is 1. The van der Waals surface area contributed by atoms with E-state index in [0.717, 1.165) is 23.2 Å². The van der Waals surface area contributed by atoms with Crippen molar-refractivity contribution in [3.05, 3.63) is 29.9 Å². The van der Waals surface area contributed by atoms with Gasteiger partial charge in [0, 0.05) is 11.3 Å². The van der Waals surface area contributed by atoms with Crippen molar-refractivity contribution in [1.29, 1.82) is 0 Å². The van der Waals surface area contributed by atoms with E-state index in [1.807, 2.05) is 19.9 Å². The standard InChI is InChI=1S/C11H13N3O/c1-3-9-7(2)13-11(14-10(9)12)8-4-5-15-6-8/h4-6H,3H2,1-2H3,(H2,12,13,14). The van der Waals surface area contributed by atoms with Crippen LogP contribution in [-0.4, -0.2) is 9.97 Å². The summed E-state index contributed by atoms with van der Waals surface area (Å²) in [7, 11) is 0. The van der Waals surface area contributed by atoms with Gasteiger partial charge in [-0.25, -0.2) is 9.97 Å². The van der Waals surface area contributed by atoms with Gasteiger partial charge in [0.2, 0.25) is 0 Å². The molecule has 0 bridgehead atoms. The Bertz CT molecular complexity index is 440. The number of anilines is 1. The largest absolute Gasteiger partial charge is 0.472 e. The maximum absolute atomic E-state index is 5.86. The molecule has 0 aliphatic carbocycles. The van der Waals surface area contributed by atoms with E-state index >= 15 is 0 Å². The molecule has 2 N–H and O–H groups in total. The summed E-state index contributed by atoms with van der Waals surface area (Å²) < 4.78 is 4.98. The molecule has 2 aromatic heterocycles. The Labute approximate surface area is 88.2 Å². The van der Waals surface area contributed by atoms with E-state index in [1.54, 1.807) is 12.5 Å². The van der Waals surface area contributed by atoms with Crippen LogP contribution in [0.4, 0.5) is 5.82 Å². The van der Waals surface area contributed by atoms with Crippen molar-refractivity contribution in [1.82, 2.24) is 9.97 Å². The lowest BCUT2D eigenvalue weighted by molar-refractivity contribution is 0.568. The minimum Gasteiger partial charge on any atom is -0.472 e. The molecule has 0 unspecified atom stereocenters. The molecule has 0 aliphatic heterocycles. The fourth-order valence-corrected chi connectivity index (χ4v) is 1.58. The second-order valence-electron chi connectivity index (χ2n) is 3.36. The van der Waals surface area contributed by atoms with Crippen LogP contribution in [0.1, 0.15) is 18.2 Å². The lowest BCUT2D eigenvalue weighted by atomic mass is 10.1. The second-order valence-corrected chi connectivity index (χ2v) is 3.36. The minimum absolute atomic E-state index is 0.557. The number of hydrogen-bond donors (Lipinski definition) is 1. The molecule has 0 radical (unpaired) electrons. The topological polar surface area (TPSA) is 64.9 Å². The van der Waals surface area contributed by atoms with Crippen LogP contribution in [0.25, 0.3) is 11.4 Å². The Morgan fingerprint density at radius 1 is 1.40 bits per heavy atom. The lowest BCUT2D eigenvalue weighted by Crippen LogP contribution is -2.04. The molecule has 4 heteroatoms. The Morgan fingerprint density at radius 3 is 2.73 bits per heavy atom. The van der Waals surface area contributed by atoms with Gasteiger partial charge in [-0.3, -0.25) is 0 Å². The van der Waals surface area contributed by atoms with Crippen molar-refractivity contribution >= 4 is 5.82 Å². The van der Waals surface area contributed by atoms with Crippen molar-refractivity contribution < 1.29 is 4.42 Å².